The molecule has 1 atom stereocenters. The van der Waals surface area contributed by atoms with Crippen LogP contribution < -0.4 is 4.74 Å². The first-order valence-electron chi connectivity index (χ1n) is 9.48. The summed E-state index contributed by atoms with van der Waals surface area (Å²) in [5.74, 6) is -1.69. The maximum atomic E-state index is 14.6. The summed E-state index contributed by atoms with van der Waals surface area (Å²) in [5, 5.41) is 0. The van der Waals surface area contributed by atoms with Gasteiger partial charge < -0.3 is 4.74 Å². The summed E-state index contributed by atoms with van der Waals surface area (Å²) < 4.78 is 20.1. The third kappa shape index (κ3) is 2.48. The molecule has 0 bridgehead atoms. The molecule has 0 unspecified atom stereocenters. The summed E-state index contributed by atoms with van der Waals surface area (Å²) in [6.45, 7) is 0. The van der Waals surface area contributed by atoms with Crippen LogP contribution >= 0.6 is 0 Å². The van der Waals surface area contributed by atoms with Crippen LogP contribution in [-0.2, 0) is 16.6 Å². The number of Topliss-reactive ketones (excluding diaryl/α,β-unsaturated/α-hetero) is 1. The molecule has 5 rings (SSSR count). The van der Waals surface area contributed by atoms with Crippen molar-refractivity contribution in [3.05, 3.63) is 113 Å². The van der Waals surface area contributed by atoms with Crippen LogP contribution in [0.4, 0.5) is 4.39 Å². The van der Waals surface area contributed by atoms with Gasteiger partial charge in [-0.1, -0.05) is 60.7 Å². The Morgan fingerprint density at radius 1 is 0.800 bits per heavy atom. The smallest absolute Gasteiger partial charge is 0.327 e. The quantitative estimate of drug-likeness (QED) is 0.489. The molecule has 30 heavy (non-hydrogen) atoms. The zero-order valence-corrected chi connectivity index (χ0v) is 15.7. The number of hydrogen-bond acceptors (Lipinski definition) is 4. The largest absolute Gasteiger partial charge is 0.425 e. The highest BCUT2D eigenvalue weighted by Gasteiger charge is 2.55. The van der Waals surface area contributed by atoms with Gasteiger partial charge in [0.2, 0.25) is 0 Å². The molecule has 0 saturated heterocycles. The highest BCUT2D eigenvalue weighted by molar-refractivity contribution is 6.27. The third-order valence-corrected chi connectivity index (χ3v) is 5.73. The maximum absolute atomic E-state index is 14.6. The second kappa shape index (κ2) is 6.59. The van der Waals surface area contributed by atoms with Crippen LogP contribution in [0.5, 0.6) is 5.75 Å². The first-order valence-corrected chi connectivity index (χ1v) is 9.48. The molecule has 5 heteroatoms. The molecular weight excluding hydrogens is 383 g/mol. The van der Waals surface area contributed by atoms with Crippen molar-refractivity contribution in [2.45, 2.75) is 11.8 Å². The number of halogens is 1. The van der Waals surface area contributed by atoms with Crippen molar-refractivity contribution < 1.29 is 23.5 Å². The molecular formula is C25H15FO4. The maximum Gasteiger partial charge on any atom is 0.327 e. The molecule has 146 valence electrons. The monoisotopic (exact) mass is 398 g/mol. The van der Waals surface area contributed by atoms with Gasteiger partial charge in [-0.3, -0.25) is 14.4 Å². The topological polar surface area (TPSA) is 60.4 Å². The lowest BCUT2D eigenvalue weighted by atomic mass is 9.66. The van der Waals surface area contributed by atoms with Crippen LogP contribution in [0.15, 0.2) is 84.4 Å². The lowest BCUT2D eigenvalue weighted by Gasteiger charge is -2.30. The molecule has 2 aliphatic rings. The minimum Gasteiger partial charge on any atom is -0.425 e. The number of carbonyl (C=O) groups excluding carboxylic acids is 3. The summed E-state index contributed by atoms with van der Waals surface area (Å²) in [6.07, 6.45) is 1.07. The predicted molar refractivity (Wildman–Crippen MR) is 107 cm³/mol. The SMILES string of the molecule is O=C1C=C([C@]2(Cc3ccccc3F)C(=O)Oc3ccccc32)C(=O)c2ccccc21. The minimum absolute atomic E-state index is 0.00408. The number of allylic oxidation sites excluding steroid dienone is 1. The summed E-state index contributed by atoms with van der Waals surface area (Å²) in [7, 11) is 0. The number of hydrogen-bond donors (Lipinski definition) is 0. The van der Waals surface area contributed by atoms with Gasteiger partial charge >= 0.3 is 5.97 Å². The first kappa shape index (κ1) is 18.2. The Balaban J connectivity index is 1.77. The highest BCUT2D eigenvalue weighted by atomic mass is 19.1. The number of fused-ring (bicyclic) bond motifs is 2. The average Bonchev–Trinajstić information content (AvgIpc) is 3.04. The van der Waals surface area contributed by atoms with E-state index in [2.05, 4.69) is 0 Å². The van der Waals surface area contributed by atoms with E-state index < -0.39 is 23.0 Å². The summed E-state index contributed by atoms with van der Waals surface area (Å²) in [5.41, 5.74) is -0.392. The first-order chi connectivity index (χ1) is 14.5. The number of esters is 1. The molecule has 1 aliphatic heterocycles. The molecule has 1 aliphatic carbocycles. The zero-order valence-electron chi connectivity index (χ0n) is 15.7. The second-order valence-electron chi connectivity index (χ2n) is 7.36. The van der Waals surface area contributed by atoms with Crippen molar-refractivity contribution in [1.82, 2.24) is 0 Å². The molecule has 0 aromatic heterocycles. The van der Waals surface area contributed by atoms with Crippen molar-refractivity contribution in [2.24, 2.45) is 0 Å². The van der Waals surface area contributed by atoms with Crippen LogP contribution in [-0.4, -0.2) is 17.5 Å². The van der Waals surface area contributed by atoms with Crippen molar-refractivity contribution in [3.63, 3.8) is 0 Å². The van der Waals surface area contributed by atoms with Crippen LogP contribution in [0, 0.1) is 5.82 Å². The van der Waals surface area contributed by atoms with Gasteiger partial charge in [-0.2, -0.15) is 0 Å². The van der Waals surface area contributed by atoms with E-state index >= 15 is 0 Å². The number of benzene rings is 3. The van der Waals surface area contributed by atoms with E-state index in [1.54, 1.807) is 66.7 Å². The van der Waals surface area contributed by atoms with Gasteiger partial charge in [0.15, 0.2) is 11.6 Å². The molecule has 1 heterocycles. The van der Waals surface area contributed by atoms with Gasteiger partial charge in [0.25, 0.3) is 0 Å². The molecule has 0 fully saturated rings. The Bertz CT molecular complexity index is 1270. The fourth-order valence-corrected chi connectivity index (χ4v) is 4.28. The fraction of sp³-hybridized carbons (Fsp3) is 0.0800. The fourth-order valence-electron chi connectivity index (χ4n) is 4.28. The highest BCUT2D eigenvalue weighted by Crippen LogP contribution is 2.48. The Hall–Kier alpha value is -3.86. The van der Waals surface area contributed by atoms with E-state index in [0.29, 0.717) is 11.3 Å². The van der Waals surface area contributed by atoms with Crippen molar-refractivity contribution >= 4 is 17.5 Å². The third-order valence-electron chi connectivity index (χ3n) is 5.73. The normalized spacial score (nSPS) is 19.8. The molecule has 0 spiro atoms. The molecule has 3 aromatic rings. The molecule has 0 N–H and O–H groups in total. The number of ether oxygens (including phenoxy) is 1. The van der Waals surface area contributed by atoms with Crippen LogP contribution in [0.1, 0.15) is 31.8 Å². The van der Waals surface area contributed by atoms with Crippen LogP contribution in [0.25, 0.3) is 0 Å². The molecule has 0 amide bonds. The Kier molecular flexibility index (Phi) is 4.00. The van der Waals surface area contributed by atoms with Gasteiger partial charge in [-0.05, 0) is 30.2 Å². The summed E-state index contributed by atoms with van der Waals surface area (Å²) in [4.78, 5) is 39.6. The summed E-state index contributed by atoms with van der Waals surface area (Å²) in [6, 6.07) is 19.3. The molecule has 3 aromatic carbocycles. The average molecular weight is 398 g/mol. The van der Waals surface area contributed by atoms with E-state index in [-0.39, 0.29) is 34.5 Å². The molecule has 0 saturated carbocycles. The summed E-state index contributed by atoms with van der Waals surface area (Å²) >= 11 is 0. The van der Waals surface area contributed by atoms with E-state index in [4.69, 9.17) is 4.74 Å². The Labute approximate surface area is 171 Å². The lowest BCUT2D eigenvalue weighted by Crippen LogP contribution is -2.43. The van der Waals surface area contributed by atoms with Gasteiger partial charge in [-0.15, -0.1) is 0 Å². The van der Waals surface area contributed by atoms with Crippen LogP contribution in [0.3, 0.4) is 0 Å². The molecule has 0 radical (unpaired) electrons. The lowest BCUT2D eigenvalue weighted by molar-refractivity contribution is -0.136. The van der Waals surface area contributed by atoms with Gasteiger partial charge in [0, 0.05) is 22.3 Å². The predicted octanol–water partition coefficient (Wildman–Crippen LogP) is 4.23. The Morgan fingerprint density at radius 2 is 1.47 bits per heavy atom. The van der Waals surface area contributed by atoms with E-state index in [1.807, 2.05) is 0 Å². The van der Waals surface area contributed by atoms with Gasteiger partial charge in [0.05, 0.1) is 0 Å². The van der Waals surface area contributed by atoms with Crippen molar-refractivity contribution in [1.29, 1.82) is 0 Å². The van der Waals surface area contributed by atoms with E-state index in [0.717, 1.165) is 0 Å². The number of ketones is 2. The second-order valence-corrected chi connectivity index (χ2v) is 7.36. The van der Waals surface area contributed by atoms with E-state index in [1.165, 1.54) is 12.1 Å². The van der Waals surface area contributed by atoms with E-state index in [9.17, 15) is 18.8 Å². The van der Waals surface area contributed by atoms with Crippen LogP contribution in [0.2, 0.25) is 0 Å². The standard InChI is InChI=1S/C25H15FO4/c26-20-11-5-1-7-15(20)14-25(18-10-4-6-12-22(18)30-24(25)29)19-13-21(27)16-8-2-3-9-17(16)23(19)28/h1-13H,14H2/t25-/m1/s1. The number of carbonyl (C=O) groups is 3. The number of rotatable bonds is 3. The zero-order chi connectivity index (χ0) is 20.9. The van der Waals surface area contributed by atoms with Gasteiger partial charge in [-0.25, -0.2) is 4.39 Å². The number of para-hydroxylation sites is 1. The van der Waals surface area contributed by atoms with Crippen molar-refractivity contribution in [3.8, 4) is 5.75 Å². The Morgan fingerprint density at radius 3 is 2.27 bits per heavy atom. The molecule has 4 nitrogen and oxygen atoms in total. The van der Waals surface area contributed by atoms with Crippen molar-refractivity contribution in [2.75, 3.05) is 0 Å². The minimum atomic E-state index is -1.61. The van der Waals surface area contributed by atoms with Gasteiger partial charge in [0.1, 0.15) is 17.0 Å².